The van der Waals surface area contributed by atoms with Crippen molar-refractivity contribution in [2.24, 2.45) is 0 Å². The summed E-state index contributed by atoms with van der Waals surface area (Å²) >= 11 is 5.02. The molecular weight excluding hydrogens is 312 g/mol. The fourth-order valence-electron chi connectivity index (χ4n) is 1.55. The Morgan fingerprint density at radius 3 is 2.67 bits per heavy atom. The van der Waals surface area contributed by atoms with Crippen molar-refractivity contribution < 1.29 is 0 Å². The lowest BCUT2D eigenvalue weighted by Gasteiger charge is -2.07. The molecule has 2 aromatic heterocycles. The molecule has 0 amide bonds. The maximum atomic E-state index is 4.49. The van der Waals surface area contributed by atoms with Gasteiger partial charge in [0.25, 0.3) is 0 Å². The Kier molecular flexibility index (Phi) is 4.19. The third kappa shape index (κ3) is 3.00. The minimum Gasteiger partial charge on any atom is -0.372 e. The molecule has 0 aliphatic rings. The number of aryl methyl sites for hydroxylation is 2. The molecule has 0 fully saturated rings. The van der Waals surface area contributed by atoms with Crippen LogP contribution in [0.3, 0.4) is 0 Å². The molecule has 0 aliphatic carbocycles. The minimum atomic E-state index is 0.775. The summed E-state index contributed by atoms with van der Waals surface area (Å²) in [6.45, 7) is 4.05. The van der Waals surface area contributed by atoms with Crippen molar-refractivity contribution in [1.82, 2.24) is 15.0 Å². The largest absolute Gasteiger partial charge is 0.372 e. The lowest BCUT2D eigenvalue weighted by Crippen LogP contribution is -1.96. The van der Waals surface area contributed by atoms with Gasteiger partial charge < -0.3 is 5.32 Å². The monoisotopic (exact) mass is 324 g/mol. The van der Waals surface area contributed by atoms with Gasteiger partial charge in [-0.1, -0.05) is 0 Å². The molecule has 0 saturated carbocycles. The van der Waals surface area contributed by atoms with E-state index in [4.69, 9.17) is 0 Å². The quantitative estimate of drug-likeness (QED) is 0.876. The molecule has 0 aliphatic heterocycles. The number of hydrogen-bond donors (Lipinski definition) is 1. The van der Waals surface area contributed by atoms with Gasteiger partial charge in [-0.05, 0) is 59.2 Å². The van der Waals surface area contributed by atoms with Crippen molar-refractivity contribution in [2.45, 2.75) is 23.9 Å². The predicted molar refractivity (Wildman–Crippen MR) is 77.1 cm³/mol. The molecule has 2 heterocycles. The fourth-order valence-corrected chi connectivity index (χ4v) is 3.12. The summed E-state index contributed by atoms with van der Waals surface area (Å²) in [4.78, 5) is 12.9. The lowest BCUT2D eigenvalue weighted by molar-refractivity contribution is 1.00. The molecule has 4 nitrogen and oxygen atoms in total. The van der Waals surface area contributed by atoms with Crippen LogP contribution >= 0.6 is 27.7 Å². The first kappa shape index (κ1) is 13.3. The number of pyridine rings is 1. The topological polar surface area (TPSA) is 50.7 Å². The fraction of sp³-hybridized carbons (Fsp3) is 0.250. The predicted octanol–water partition coefficient (Wildman–Crippen LogP) is 3.44. The average molecular weight is 325 g/mol. The van der Waals surface area contributed by atoms with Crippen LogP contribution in [0.4, 0.5) is 5.82 Å². The lowest BCUT2D eigenvalue weighted by atomic mass is 10.3. The molecule has 0 atom stereocenters. The van der Waals surface area contributed by atoms with Crippen molar-refractivity contribution in [2.75, 3.05) is 12.4 Å². The van der Waals surface area contributed by atoms with E-state index in [1.807, 2.05) is 20.0 Å². The SMILES string of the molecule is CNc1ncnc(Sc2cc(C)cc(C)n2)c1Br. The summed E-state index contributed by atoms with van der Waals surface area (Å²) < 4.78 is 0.860. The van der Waals surface area contributed by atoms with Crippen molar-refractivity contribution in [3.8, 4) is 0 Å². The summed E-state index contributed by atoms with van der Waals surface area (Å²) in [7, 11) is 1.83. The van der Waals surface area contributed by atoms with E-state index in [1.165, 1.54) is 17.3 Å². The van der Waals surface area contributed by atoms with E-state index in [1.54, 1.807) is 6.33 Å². The molecule has 0 bridgehead atoms. The Hall–Kier alpha value is -1.14. The molecule has 6 heteroatoms. The Balaban J connectivity index is 2.34. The van der Waals surface area contributed by atoms with Gasteiger partial charge in [-0.2, -0.15) is 0 Å². The molecule has 2 aromatic rings. The maximum absolute atomic E-state index is 4.49. The molecule has 0 unspecified atom stereocenters. The van der Waals surface area contributed by atoms with E-state index in [0.29, 0.717) is 0 Å². The highest BCUT2D eigenvalue weighted by atomic mass is 79.9. The van der Waals surface area contributed by atoms with Crippen molar-refractivity contribution in [1.29, 1.82) is 0 Å². The Morgan fingerprint density at radius 2 is 2.00 bits per heavy atom. The molecule has 94 valence electrons. The maximum Gasteiger partial charge on any atom is 0.144 e. The summed E-state index contributed by atoms with van der Waals surface area (Å²) in [6, 6.07) is 4.10. The second kappa shape index (κ2) is 5.67. The van der Waals surface area contributed by atoms with Crippen LogP contribution in [0.15, 0.2) is 33.0 Å². The van der Waals surface area contributed by atoms with Gasteiger partial charge >= 0.3 is 0 Å². The summed E-state index contributed by atoms with van der Waals surface area (Å²) in [6.07, 6.45) is 1.54. The van der Waals surface area contributed by atoms with Crippen LogP contribution in [0.25, 0.3) is 0 Å². The van der Waals surface area contributed by atoms with Crippen LogP contribution < -0.4 is 5.32 Å². The van der Waals surface area contributed by atoms with Crippen molar-refractivity contribution in [3.05, 3.63) is 34.2 Å². The first-order valence-electron chi connectivity index (χ1n) is 5.41. The molecular formula is C12H13BrN4S. The van der Waals surface area contributed by atoms with Crippen LogP contribution in [0, 0.1) is 13.8 Å². The van der Waals surface area contributed by atoms with E-state index in [9.17, 15) is 0 Å². The van der Waals surface area contributed by atoms with Gasteiger partial charge in [-0.15, -0.1) is 0 Å². The number of nitrogens with one attached hydrogen (secondary N) is 1. The van der Waals surface area contributed by atoms with Gasteiger partial charge in [-0.25, -0.2) is 15.0 Å². The Labute approximate surface area is 119 Å². The van der Waals surface area contributed by atoms with E-state index < -0.39 is 0 Å². The summed E-state index contributed by atoms with van der Waals surface area (Å²) in [5.41, 5.74) is 2.21. The molecule has 2 rings (SSSR count). The highest BCUT2D eigenvalue weighted by Gasteiger charge is 2.10. The van der Waals surface area contributed by atoms with Gasteiger partial charge in [0.1, 0.15) is 22.2 Å². The Morgan fingerprint density at radius 1 is 1.22 bits per heavy atom. The highest BCUT2D eigenvalue weighted by molar-refractivity contribution is 9.10. The van der Waals surface area contributed by atoms with E-state index in [-0.39, 0.29) is 0 Å². The van der Waals surface area contributed by atoms with Gasteiger partial charge in [0.15, 0.2) is 0 Å². The molecule has 0 saturated heterocycles. The second-order valence-corrected chi connectivity index (χ2v) is 5.62. The summed E-state index contributed by atoms with van der Waals surface area (Å²) in [5.74, 6) is 0.775. The average Bonchev–Trinajstić information content (AvgIpc) is 2.30. The first-order valence-corrected chi connectivity index (χ1v) is 7.02. The standard InChI is InChI=1S/C12H13BrN4S/c1-7-4-8(2)17-9(5-7)18-12-10(13)11(14-3)15-6-16-12/h4-6H,1-3H3,(H,14,15,16). The number of rotatable bonds is 3. The van der Waals surface area contributed by atoms with E-state index in [0.717, 1.165) is 26.0 Å². The van der Waals surface area contributed by atoms with Crippen LogP contribution in [-0.2, 0) is 0 Å². The molecule has 0 spiro atoms. The van der Waals surface area contributed by atoms with Gasteiger partial charge in [-0.3, -0.25) is 0 Å². The zero-order chi connectivity index (χ0) is 13.1. The van der Waals surface area contributed by atoms with Crippen LogP contribution in [0.5, 0.6) is 0 Å². The number of aromatic nitrogens is 3. The van der Waals surface area contributed by atoms with E-state index >= 15 is 0 Å². The van der Waals surface area contributed by atoms with Gasteiger partial charge in [0, 0.05) is 12.7 Å². The third-order valence-electron chi connectivity index (χ3n) is 2.27. The molecule has 0 aromatic carbocycles. The highest BCUT2D eigenvalue weighted by Crippen LogP contribution is 2.34. The second-order valence-electron chi connectivity index (χ2n) is 3.82. The summed E-state index contributed by atoms with van der Waals surface area (Å²) in [5, 5.41) is 4.80. The molecule has 0 radical (unpaired) electrons. The normalized spacial score (nSPS) is 10.4. The number of halogens is 1. The molecule has 1 N–H and O–H groups in total. The van der Waals surface area contributed by atoms with Crippen LogP contribution in [0.2, 0.25) is 0 Å². The van der Waals surface area contributed by atoms with Crippen molar-refractivity contribution >= 4 is 33.5 Å². The van der Waals surface area contributed by atoms with Crippen molar-refractivity contribution in [3.63, 3.8) is 0 Å². The van der Waals surface area contributed by atoms with Crippen LogP contribution in [-0.4, -0.2) is 22.0 Å². The zero-order valence-electron chi connectivity index (χ0n) is 10.4. The first-order chi connectivity index (χ1) is 8.60. The Bertz CT molecular complexity index is 554. The van der Waals surface area contributed by atoms with Gasteiger partial charge in [0.05, 0.1) is 4.47 Å². The zero-order valence-corrected chi connectivity index (χ0v) is 12.8. The van der Waals surface area contributed by atoms with Gasteiger partial charge in [0.2, 0.25) is 0 Å². The number of hydrogen-bond acceptors (Lipinski definition) is 5. The molecule has 18 heavy (non-hydrogen) atoms. The smallest absolute Gasteiger partial charge is 0.144 e. The minimum absolute atomic E-state index is 0.775. The van der Waals surface area contributed by atoms with Crippen LogP contribution in [0.1, 0.15) is 11.3 Å². The van der Waals surface area contributed by atoms with E-state index in [2.05, 4.69) is 49.2 Å². The number of anilines is 1. The number of nitrogens with zero attached hydrogens (tertiary/aromatic N) is 3. The third-order valence-corrected chi connectivity index (χ3v) is 4.20.